The normalized spacial score (nSPS) is 35.2. The summed E-state index contributed by atoms with van der Waals surface area (Å²) in [4.78, 5) is 43.6. The molecule has 0 heterocycles. The third-order valence-electron chi connectivity index (χ3n) is 15.8. The number of hydrogen-bond acceptors (Lipinski definition) is 6. The lowest BCUT2D eigenvalue weighted by Gasteiger charge is -2.67. The summed E-state index contributed by atoms with van der Waals surface area (Å²) in [6, 6.07) is 8.21. The summed E-state index contributed by atoms with van der Waals surface area (Å²) in [6.07, 6.45) is 10.3. The van der Waals surface area contributed by atoms with Crippen LogP contribution in [0, 0.1) is 57.2 Å². The van der Waals surface area contributed by atoms with Crippen LogP contribution in [0.5, 0.6) is 0 Å². The van der Waals surface area contributed by atoms with Gasteiger partial charge >= 0.3 is 11.9 Å². The van der Waals surface area contributed by atoms with E-state index < -0.39 is 11.4 Å². The maximum atomic E-state index is 14.2. The Kier molecular flexibility index (Phi) is 12.0. The summed E-state index contributed by atoms with van der Waals surface area (Å²) in [5.74, 6) is 1.63. The van der Waals surface area contributed by atoms with Crippen LogP contribution in [0.3, 0.4) is 0 Å². The number of benzene rings is 1. The maximum absolute atomic E-state index is 14.2. The quantitative estimate of drug-likeness (QED) is 0.200. The van der Waals surface area contributed by atoms with Crippen LogP contribution < -0.4 is 0 Å². The van der Waals surface area contributed by atoms with E-state index in [1.807, 2.05) is 12.1 Å². The number of carbonyl (C=O) groups is 3. The van der Waals surface area contributed by atoms with E-state index in [4.69, 9.17) is 16.3 Å². The van der Waals surface area contributed by atoms with Crippen LogP contribution in [0.4, 0.5) is 0 Å². The molecule has 1 N–H and O–H groups in total. The van der Waals surface area contributed by atoms with Crippen molar-refractivity contribution in [1.29, 1.82) is 0 Å². The molecule has 4 saturated carbocycles. The Morgan fingerprint density at radius 3 is 2.30 bits per heavy atom. The number of allylic oxidation sites excluding steroid dienone is 2. The minimum atomic E-state index is -1.14. The highest BCUT2D eigenvalue weighted by molar-refractivity contribution is 6.31. The first-order chi connectivity index (χ1) is 25.3. The fourth-order valence-corrected chi connectivity index (χ4v) is 13.2. The second-order valence-corrected chi connectivity index (χ2v) is 20.5. The number of nitrogens with zero attached hydrogens (tertiary/aromatic N) is 2. The van der Waals surface area contributed by atoms with Crippen molar-refractivity contribution in [3.8, 4) is 0 Å². The van der Waals surface area contributed by atoms with Crippen molar-refractivity contribution >= 4 is 29.3 Å². The predicted octanol–water partition coefficient (Wildman–Crippen LogP) is 9.71. The first-order valence-corrected chi connectivity index (χ1v) is 21.5. The maximum Gasteiger partial charge on any atom is 0.309 e. The van der Waals surface area contributed by atoms with Gasteiger partial charge in [-0.25, -0.2) is 0 Å². The van der Waals surface area contributed by atoms with Gasteiger partial charge in [-0.2, -0.15) is 0 Å². The summed E-state index contributed by atoms with van der Waals surface area (Å²) >= 11 is 6.68. The predicted molar refractivity (Wildman–Crippen MR) is 216 cm³/mol. The Hall–Kier alpha value is -2.22. The molecule has 1 aromatic rings. The van der Waals surface area contributed by atoms with Gasteiger partial charge in [-0.3, -0.25) is 19.3 Å². The molecule has 0 radical (unpaired) electrons. The summed E-state index contributed by atoms with van der Waals surface area (Å²) in [7, 11) is 4.27. The fraction of sp³-hybridized carbons (Fsp3) is 0.761. The largest absolute Gasteiger partial charge is 0.481 e. The lowest BCUT2D eigenvalue weighted by molar-refractivity contribution is -0.192. The second kappa shape index (κ2) is 15.6. The molecule has 0 spiro atoms. The Morgan fingerprint density at radius 2 is 1.63 bits per heavy atom. The van der Waals surface area contributed by atoms with Gasteiger partial charge in [0, 0.05) is 36.5 Å². The van der Waals surface area contributed by atoms with E-state index in [2.05, 4.69) is 70.6 Å². The Morgan fingerprint density at radius 1 is 0.963 bits per heavy atom. The van der Waals surface area contributed by atoms with Gasteiger partial charge in [0.25, 0.3) is 0 Å². The van der Waals surface area contributed by atoms with Crippen molar-refractivity contribution in [2.45, 2.75) is 132 Å². The van der Waals surface area contributed by atoms with Gasteiger partial charge in [-0.1, -0.05) is 70.0 Å². The van der Waals surface area contributed by atoms with Gasteiger partial charge in [0.15, 0.2) is 5.78 Å². The number of hydrogen-bond donors (Lipinski definition) is 1. The van der Waals surface area contributed by atoms with E-state index in [1.165, 1.54) is 30.4 Å². The number of Topliss-reactive ketones (excluding diaryl/α,β-unsaturated/α-hetero) is 1. The van der Waals surface area contributed by atoms with Crippen molar-refractivity contribution in [3.05, 3.63) is 46.0 Å². The number of carbonyl (C=O) groups excluding carboxylic acids is 2. The number of esters is 1. The molecule has 54 heavy (non-hydrogen) atoms. The number of fused-ring (bicyclic) bond motifs is 7. The van der Waals surface area contributed by atoms with Crippen molar-refractivity contribution in [1.82, 2.24) is 9.80 Å². The van der Waals surface area contributed by atoms with E-state index in [0.717, 1.165) is 69.7 Å². The number of ketones is 1. The molecule has 9 unspecified atom stereocenters. The molecule has 5 aliphatic rings. The van der Waals surface area contributed by atoms with Gasteiger partial charge in [0.1, 0.15) is 6.10 Å². The first-order valence-electron chi connectivity index (χ1n) is 21.1. The molecule has 0 amide bonds. The monoisotopic (exact) mass is 764 g/mol. The Bertz CT molecular complexity index is 1620. The molecule has 5 aliphatic carbocycles. The van der Waals surface area contributed by atoms with Crippen LogP contribution in [0.1, 0.15) is 125 Å². The van der Waals surface area contributed by atoms with Crippen LogP contribution >= 0.6 is 11.6 Å². The van der Waals surface area contributed by atoms with E-state index in [9.17, 15) is 19.5 Å². The number of carboxylic acid groups (broad SMARTS) is 1. The zero-order valence-corrected chi connectivity index (χ0v) is 35.6. The SMILES string of the molecule is CC(C)C1=C2C3CCC4C(C)(CCC5C(C)C(OC(=O)CC(C)(C)C(=O)O)CCC54C)C3CCC2(CCN(CCN(C)C)Cc2ccccc2Cl)CC1=O. The van der Waals surface area contributed by atoms with Crippen molar-refractivity contribution < 1.29 is 24.2 Å². The molecule has 0 aliphatic heterocycles. The van der Waals surface area contributed by atoms with E-state index in [-0.39, 0.29) is 46.6 Å². The van der Waals surface area contributed by atoms with Crippen LogP contribution in [0.15, 0.2) is 35.4 Å². The molecule has 9 atom stereocenters. The summed E-state index contributed by atoms with van der Waals surface area (Å²) in [5, 5.41) is 10.4. The van der Waals surface area contributed by atoms with Gasteiger partial charge in [-0.05, 0) is 156 Å². The van der Waals surface area contributed by atoms with Gasteiger partial charge < -0.3 is 14.7 Å². The third-order valence-corrected chi connectivity index (χ3v) is 16.2. The smallest absolute Gasteiger partial charge is 0.309 e. The van der Waals surface area contributed by atoms with Gasteiger partial charge in [-0.15, -0.1) is 0 Å². The van der Waals surface area contributed by atoms with Gasteiger partial charge in [0.05, 0.1) is 11.8 Å². The average molecular weight is 766 g/mol. The number of halogens is 1. The zero-order chi connectivity index (χ0) is 39.4. The fourth-order valence-electron chi connectivity index (χ4n) is 13.0. The van der Waals surface area contributed by atoms with Crippen LogP contribution in [0.25, 0.3) is 0 Å². The number of aliphatic carboxylic acids is 1. The van der Waals surface area contributed by atoms with Crippen molar-refractivity contribution in [2.24, 2.45) is 57.2 Å². The van der Waals surface area contributed by atoms with E-state index in [1.54, 1.807) is 19.4 Å². The molecule has 0 saturated heterocycles. The number of carboxylic acids is 1. The first kappa shape index (κ1) is 41.4. The molecular formula is C46H69ClN2O5. The Balaban J connectivity index is 1.22. The lowest BCUT2D eigenvalue weighted by Crippen LogP contribution is -2.60. The van der Waals surface area contributed by atoms with Crippen molar-refractivity contribution in [2.75, 3.05) is 33.7 Å². The van der Waals surface area contributed by atoms with Gasteiger partial charge in [0.2, 0.25) is 0 Å². The van der Waals surface area contributed by atoms with E-state index >= 15 is 0 Å². The van der Waals surface area contributed by atoms with Crippen LogP contribution in [-0.4, -0.2) is 72.5 Å². The molecule has 4 fully saturated rings. The molecule has 300 valence electrons. The number of rotatable bonds is 13. The molecule has 8 heteroatoms. The lowest BCUT2D eigenvalue weighted by atomic mass is 9.38. The minimum Gasteiger partial charge on any atom is -0.481 e. The topological polar surface area (TPSA) is 87.2 Å². The molecule has 0 bridgehead atoms. The molecule has 7 nitrogen and oxygen atoms in total. The third kappa shape index (κ3) is 7.61. The standard InChI is InChI=1S/C46H69ClN2O5/c1-29(2)40-36(50)26-46(22-23-49(25-24-48(8)9)28-31-12-10-11-13-35(31)47)21-17-34-32(41(40)46)14-15-38-44(6)20-18-37(30(3)33(44)16-19-45(34,38)7)54-39(51)27-43(4,5)42(52)53/h10-13,29-30,32-34,37-38H,14-28H2,1-9H3,(H,52,53). The second-order valence-electron chi connectivity index (χ2n) is 20.1. The zero-order valence-electron chi connectivity index (χ0n) is 34.8. The van der Waals surface area contributed by atoms with Crippen LogP contribution in [0.2, 0.25) is 5.02 Å². The van der Waals surface area contributed by atoms with Crippen molar-refractivity contribution in [3.63, 3.8) is 0 Å². The van der Waals surface area contributed by atoms with E-state index in [0.29, 0.717) is 35.9 Å². The summed E-state index contributed by atoms with van der Waals surface area (Å²) in [5.41, 5.74) is 3.08. The molecule has 0 aromatic heterocycles. The number of ether oxygens (including phenoxy) is 1. The highest BCUT2D eigenvalue weighted by Crippen LogP contribution is 2.72. The average Bonchev–Trinajstić information content (AvgIpc) is 3.40. The molecular weight excluding hydrogens is 696 g/mol. The highest BCUT2D eigenvalue weighted by Gasteiger charge is 2.65. The summed E-state index contributed by atoms with van der Waals surface area (Å²) < 4.78 is 6.09. The summed E-state index contributed by atoms with van der Waals surface area (Å²) in [6.45, 7) is 18.8. The molecule has 6 rings (SSSR count). The number of likely N-dealkylation sites (N-methyl/N-ethyl adjacent to an activating group) is 1. The minimum absolute atomic E-state index is 0.0509. The van der Waals surface area contributed by atoms with Crippen LogP contribution in [-0.2, 0) is 25.7 Å². The Labute approximate surface area is 331 Å². The molecule has 1 aromatic carbocycles. The highest BCUT2D eigenvalue weighted by atomic mass is 35.5.